The number of para-hydroxylation sites is 2. The largest absolute Gasteiger partial charge is 0.497 e. The second-order valence-corrected chi connectivity index (χ2v) is 16.5. The van der Waals surface area contributed by atoms with E-state index in [-0.39, 0.29) is 28.8 Å². The monoisotopic (exact) mass is 896 g/mol. The van der Waals surface area contributed by atoms with E-state index in [1.807, 2.05) is 66.9 Å². The third-order valence-electron chi connectivity index (χ3n) is 12.3. The van der Waals surface area contributed by atoms with Gasteiger partial charge in [-0.25, -0.2) is 9.97 Å². The average molecular weight is 897 g/mol. The van der Waals surface area contributed by atoms with Gasteiger partial charge in [0.25, 0.3) is 17.5 Å². The molecule has 13 heteroatoms. The van der Waals surface area contributed by atoms with Gasteiger partial charge in [-0.3, -0.25) is 19.7 Å². The zero-order valence-electron chi connectivity index (χ0n) is 36.9. The summed E-state index contributed by atoms with van der Waals surface area (Å²) >= 11 is 0. The first-order valence-electron chi connectivity index (χ1n) is 22.1. The zero-order chi connectivity index (χ0) is 46.7. The van der Waals surface area contributed by atoms with Crippen molar-refractivity contribution < 1.29 is 19.2 Å². The predicted molar refractivity (Wildman–Crippen MR) is 270 cm³/mol. The average Bonchev–Trinajstić information content (AvgIpc) is 3.92. The van der Waals surface area contributed by atoms with Crippen LogP contribution in [0.3, 0.4) is 0 Å². The van der Waals surface area contributed by atoms with Crippen LogP contribution in [0.5, 0.6) is 5.75 Å². The summed E-state index contributed by atoms with van der Waals surface area (Å²) in [4.78, 5) is 54.7. The van der Waals surface area contributed by atoms with E-state index >= 15 is 0 Å². The summed E-state index contributed by atoms with van der Waals surface area (Å²) in [6.07, 6.45) is 7.83. The standard InChI is InChI=1S/C55H44N8O5/c1-68-38-21-16-33(17-22-38)13-14-36-31-45-44-29-34(18-24-48(44)59-52(45)58-32-36)15-20-37-7-2-3-8-39(37)55(65)62-49-11-6-10-42(51(49)56)54(64)57-28-27-35-19-25-47-43(30-35)40-23-26-46(60-53(40)61-47)41-9-4-5-12-50(41)63(66)67/h2-14,16-19,21-26,29-32H,15,20,27-28,56H2,1H3,(H,57,64)(H,58,59)(H,60,61)(H,62,65). The van der Waals surface area contributed by atoms with Gasteiger partial charge in [0, 0.05) is 56.9 Å². The number of carbonyl (C=O) groups excluding carboxylic acids is 2. The molecule has 0 aliphatic carbocycles. The number of fused-ring (bicyclic) bond motifs is 6. The highest BCUT2D eigenvalue weighted by Crippen LogP contribution is 2.33. The molecular weight excluding hydrogens is 853 g/mol. The third kappa shape index (κ3) is 8.71. The Hall–Kier alpha value is -9.10. The van der Waals surface area contributed by atoms with Crippen molar-refractivity contribution >= 4 is 84.9 Å². The van der Waals surface area contributed by atoms with Crippen LogP contribution in [0.1, 0.15) is 48.5 Å². The fraction of sp³-hybridized carbons (Fsp3) is 0.0909. The maximum absolute atomic E-state index is 13.9. The zero-order valence-corrected chi connectivity index (χ0v) is 36.9. The lowest BCUT2D eigenvalue weighted by Gasteiger charge is -2.14. The highest BCUT2D eigenvalue weighted by Gasteiger charge is 2.19. The minimum atomic E-state index is -0.407. The van der Waals surface area contributed by atoms with Crippen molar-refractivity contribution in [3.05, 3.63) is 201 Å². The molecule has 0 fully saturated rings. The molecule has 0 aliphatic heterocycles. The van der Waals surface area contributed by atoms with Gasteiger partial charge < -0.3 is 31.1 Å². The summed E-state index contributed by atoms with van der Waals surface area (Å²) < 4.78 is 5.28. The minimum absolute atomic E-state index is 0.00742. The van der Waals surface area contributed by atoms with Crippen LogP contribution in [0, 0.1) is 10.1 Å². The van der Waals surface area contributed by atoms with Crippen LogP contribution in [0.4, 0.5) is 17.1 Å². The molecule has 334 valence electrons. The Morgan fingerprint density at radius 3 is 2.19 bits per heavy atom. The molecule has 2 amide bonds. The van der Waals surface area contributed by atoms with Crippen molar-refractivity contribution in [1.29, 1.82) is 0 Å². The predicted octanol–water partition coefficient (Wildman–Crippen LogP) is 11.1. The number of aromatic nitrogens is 4. The molecule has 4 heterocycles. The molecule has 0 aliphatic rings. The van der Waals surface area contributed by atoms with Crippen molar-refractivity contribution in [2.24, 2.45) is 0 Å². The quantitative estimate of drug-likeness (QED) is 0.0404. The number of rotatable bonds is 14. The number of methoxy groups -OCH3 is 1. The second-order valence-electron chi connectivity index (χ2n) is 16.5. The second kappa shape index (κ2) is 18.4. The number of nitrogens with zero attached hydrogens (tertiary/aromatic N) is 3. The number of nitrogens with two attached hydrogens (primary N) is 1. The molecule has 0 radical (unpaired) electrons. The highest BCUT2D eigenvalue weighted by molar-refractivity contribution is 6.10. The minimum Gasteiger partial charge on any atom is -0.497 e. The van der Waals surface area contributed by atoms with E-state index in [0.717, 1.165) is 71.8 Å². The Kier molecular flexibility index (Phi) is 11.6. The van der Waals surface area contributed by atoms with E-state index in [2.05, 4.69) is 63.1 Å². The van der Waals surface area contributed by atoms with Crippen molar-refractivity contribution in [3.8, 4) is 17.0 Å². The summed E-state index contributed by atoms with van der Waals surface area (Å²) in [6, 6.07) is 45.2. The number of ether oxygens (including phenoxy) is 1. The molecule has 0 saturated carbocycles. The number of carbonyl (C=O) groups is 2. The number of amides is 2. The van der Waals surface area contributed by atoms with Gasteiger partial charge in [-0.1, -0.05) is 72.8 Å². The molecule has 6 N–H and O–H groups in total. The number of nitrogens with one attached hydrogen (secondary N) is 4. The van der Waals surface area contributed by atoms with Crippen molar-refractivity contribution in [1.82, 2.24) is 25.3 Å². The topological polar surface area (TPSA) is 194 Å². The smallest absolute Gasteiger partial charge is 0.278 e. The van der Waals surface area contributed by atoms with Gasteiger partial charge in [0.05, 0.1) is 40.2 Å². The fourth-order valence-corrected chi connectivity index (χ4v) is 8.68. The Labute approximate surface area is 389 Å². The molecule has 10 rings (SSSR count). The van der Waals surface area contributed by atoms with Gasteiger partial charge in [-0.15, -0.1) is 0 Å². The molecule has 4 aromatic heterocycles. The molecule has 0 unspecified atom stereocenters. The lowest BCUT2D eigenvalue weighted by atomic mass is 9.98. The van der Waals surface area contributed by atoms with E-state index in [9.17, 15) is 19.7 Å². The van der Waals surface area contributed by atoms with Gasteiger partial charge in [0.15, 0.2) is 0 Å². The normalized spacial score (nSPS) is 11.5. The summed E-state index contributed by atoms with van der Waals surface area (Å²) in [5.74, 6) is 0.134. The first-order valence-corrected chi connectivity index (χ1v) is 22.1. The number of aromatic amines is 2. The van der Waals surface area contributed by atoms with E-state index in [4.69, 9.17) is 20.4 Å². The number of nitro benzene ring substituents is 1. The number of nitro groups is 1. The van der Waals surface area contributed by atoms with E-state index in [1.54, 1.807) is 55.6 Å². The fourth-order valence-electron chi connectivity index (χ4n) is 8.68. The number of pyridine rings is 2. The van der Waals surface area contributed by atoms with Crippen LogP contribution in [-0.4, -0.2) is 50.3 Å². The molecule has 0 bridgehead atoms. The van der Waals surface area contributed by atoms with E-state index in [0.29, 0.717) is 54.0 Å². The number of H-pyrrole nitrogens is 2. The lowest BCUT2D eigenvalue weighted by Crippen LogP contribution is -2.27. The lowest BCUT2D eigenvalue weighted by molar-refractivity contribution is -0.384. The van der Waals surface area contributed by atoms with Gasteiger partial charge >= 0.3 is 0 Å². The summed E-state index contributed by atoms with van der Waals surface area (Å²) in [5, 5.41) is 21.5. The number of aryl methyl sites for hydroxylation is 2. The number of anilines is 2. The summed E-state index contributed by atoms with van der Waals surface area (Å²) in [5.41, 5.74) is 17.1. The molecular formula is C55H44N8O5. The van der Waals surface area contributed by atoms with Gasteiger partial charge in [0.2, 0.25) is 0 Å². The Balaban J connectivity index is 0.780. The number of benzene rings is 6. The first kappa shape index (κ1) is 42.8. The Morgan fingerprint density at radius 2 is 1.40 bits per heavy atom. The molecule has 0 atom stereocenters. The highest BCUT2D eigenvalue weighted by atomic mass is 16.6. The number of hydrogen-bond acceptors (Lipinski definition) is 8. The number of hydrogen-bond donors (Lipinski definition) is 5. The van der Waals surface area contributed by atoms with Crippen LogP contribution in [0.2, 0.25) is 0 Å². The van der Waals surface area contributed by atoms with Crippen molar-refractivity contribution in [2.75, 3.05) is 24.7 Å². The maximum atomic E-state index is 13.9. The van der Waals surface area contributed by atoms with Crippen LogP contribution < -0.4 is 21.1 Å². The summed E-state index contributed by atoms with van der Waals surface area (Å²) in [6.45, 7) is 0.337. The molecule has 0 saturated heterocycles. The van der Waals surface area contributed by atoms with E-state index < -0.39 is 4.92 Å². The summed E-state index contributed by atoms with van der Waals surface area (Å²) in [7, 11) is 1.65. The Morgan fingerprint density at radius 1 is 0.691 bits per heavy atom. The molecule has 0 spiro atoms. The first-order chi connectivity index (χ1) is 33.2. The van der Waals surface area contributed by atoms with Gasteiger partial charge in [0.1, 0.15) is 17.0 Å². The van der Waals surface area contributed by atoms with Crippen LogP contribution in [0.15, 0.2) is 152 Å². The van der Waals surface area contributed by atoms with Gasteiger partial charge in [-0.2, -0.15) is 0 Å². The Bertz CT molecular complexity index is 3610. The molecule has 10 aromatic rings. The van der Waals surface area contributed by atoms with Crippen LogP contribution in [-0.2, 0) is 19.3 Å². The third-order valence-corrected chi connectivity index (χ3v) is 12.3. The van der Waals surface area contributed by atoms with Crippen molar-refractivity contribution in [2.45, 2.75) is 19.3 Å². The van der Waals surface area contributed by atoms with Gasteiger partial charge in [-0.05, 0) is 126 Å². The molecule has 68 heavy (non-hydrogen) atoms. The number of nitrogen functional groups attached to an aromatic ring is 1. The van der Waals surface area contributed by atoms with Crippen LogP contribution >= 0.6 is 0 Å². The molecule has 13 nitrogen and oxygen atoms in total. The maximum Gasteiger partial charge on any atom is 0.278 e. The van der Waals surface area contributed by atoms with Crippen LogP contribution in [0.25, 0.3) is 67.3 Å². The molecule has 6 aromatic carbocycles. The SMILES string of the molecule is COc1ccc(C=Cc2cnc3[nH]c4ccc(CCc5ccccc5C(=O)Nc5cccc(C(=O)NCCc6ccc7[nH]c8nc(-c9ccccc9[N+](=O)[O-])ccc8c7c6)c5N)cc4c3c2)cc1. The van der Waals surface area contributed by atoms with Crippen molar-refractivity contribution in [3.63, 3.8) is 0 Å². The van der Waals surface area contributed by atoms with E-state index in [1.165, 1.54) is 6.07 Å².